The summed E-state index contributed by atoms with van der Waals surface area (Å²) >= 11 is 1.35. The summed E-state index contributed by atoms with van der Waals surface area (Å²) in [6.45, 7) is 0. The van der Waals surface area contributed by atoms with Crippen LogP contribution >= 0.6 is 11.3 Å². The van der Waals surface area contributed by atoms with Crippen LogP contribution in [0.5, 0.6) is 5.75 Å². The molecule has 168 valence electrons. The van der Waals surface area contributed by atoms with Gasteiger partial charge in [0.15, 0.2) is 0 Å². The number of H-pyrrole nitrogens is 1. The lowest BCUT2D eigenvalue weighted by atomic mass is 10.1. The third-order valence-electron chi connectivity index (χ3n) is 5.27. The molecule has 0 radical (unpaired) electrons. The van der Waals surface area contributed by atoms with Crippen molar-refractivity contribution >= 4 is 22.9 Å². The molecule has 1 amide bonds. The number of benzene rings is 3. The molecule has 0 atom stereocenters. The molecule has 0 saturated heterocycles. The van der Waals surface area contributed by atoms with Crippen molar-refractivity contribution in [2.75, 3.05) is 12.4 Å². The Kier molecular flexibility index (Phi) is 5.88. The highest BCUT2D eigenvalue weighted by Crippen LogP contribution is 2.34. The van der Waals surface area contributed by atoms with Crippen LogP contribution < -0.4 is 10.1 Å². The minimum atomic E-state index is -0.342. The van der Waals surface area contributed by atoms with Gasteiger partial charge in [0.05, 0.1) is 24.2 Å². The quantitative estimate of drug-likeness (QED) is 0.307. The zero-order valence-electron chi connectivity index (χ0n) is 18.1. The highest BCUT2D eigenvalue weighted by molar-refractivity contribution is 7.13. The maximum Gasteiger partial charge on any atom is 0.273 e. The second-order valence-corrected chi connectivity index (χ2v) is 8.24. The average Bonchev–Trinajstić information content (AvgIpc) is 3.55. The van der Waals surface area contributed by atoms with Crippen molar-refractivity contribution in [3.8, 4) is 38.8 Å². The first-order chi connectivity index (χ1) is 16.6. The SMILES string of the molecule is COc1ccccc1-c1cc(C(=O)Nc2ccccc2-c2csc(-c3ccccc3F)n2)[nH]n1. The van der Waals surface area contributed by atoms with Crippen LogP contribution in [0.4, 0.5) is 10.1 Å². The van der Waals surface area contributed by atoms with Crippen molar-refractivity contribution in [3.63, 3.8) is 0 Å². The number of hydrogen-bond acceptors (Lipinski definition) is 5. The Morgan fingerprint density at radius 1 is 0.941 bits per heavy atom. The van der Waals surface area contributed by atoms with Crippen LogP contribution in [0, 0.1) is 5.82 Å². The number of carbonyl (C=O) groups excluding carboxylic acids is 1. The summed E-state index contributed by atoms with van der Waals surface area (Å²) in [7, 11) is 1.59. The lowest BCUT2D eigenvalue weighted by Gasteiger charge is -2.08. The second kappa shape index (κ2) is 9.29. The number of aromatic amines is 1. The molecule has 0 bridgehead atoms. The van der Waals surface area contributed by atoms with Crippen LogP contribution in [-0.2, 0) is 0 Å². The fourth-order valence-electron chi connectivity index (χ4n) is 3.59. The largest absolute Gasteiger partial charge is 0.496 e. The summed E-state index contributed by atoms with van der Waals surface area (Å²) in [6, 6.07) is 23.0. The van der Waals surface area contributed by atoms with E-state index in [9.17, 15) is 9.18 Å². The van der Waals surface area contributed by atoms with Crippen LogP contribution in [0.2, 0.25) is 0 Å². The van der Waals surface area contributed by atoms with Gasteiger partial charge in [-0.25, -0.2) is 9.37 Å². The summed E-state index contributed by atoms with van der Waals surface area (Å²) in [5.41, 5.74) is 4.11. The molecular weight excluding hydrogens is 451 g/mol. The van der Waals surface area contributed by atoms with E-state index in [0.717, 1.165) is 11.1 Å². The molecular formula is C26H19FN4O2S. The zero-order valence-corrected chi connectivity index (χ0v) is 18.9. The molecule has 3 aromatic carbocycles. The van der Waals surface area contributed by atoms with E-state index in [1.165, 1.54) is 17.4 Å². The Morgan fingerprint density at radius 3 is 2.44 bits per heavy atom. The van der Waals surface area contributed by atoms with E-state index < -0.39 is 0 Å². The van der Waals surface area contributed by atoms with E-state index in [1.807, 2.05) is 47.8 Å². The number of ether oxygens (including phenoxy) is 1. The minimum Gasteiger partial charge on any atom is -0.496 e. The van der Waals surface area contributed by atoms with Gasteiger partial charge in [-0.3, -0.25) is 9.89 Å². The van der Waals surface area contributed by atoms with E-state index in [-0.39, 0.29) is 11.7 Å². The molecule has 0 fully saturated rings. The number of nitrogens with zero attached hydrogens (tertiary/aromatic N) is 2. The number of thiazole rings is 1. The van der Waals surface area contributed by atoms with Gasteiger partial charge in [0.25, 0.3) is 5.91 Å². The van der Waals surface area contributed by atoms with Crippen LogP contribution in [0.15, 0.2) is 84.2 Å². The highest BCUT2D eigenvalue weighted by atomic mass is 32.1. The number of aromatic nitrogens is 3. The molecule has 0 aliphatic carbocycles. The van der Waals surface area contributed by atoms with Gasteiger partial charge in [-0.15, -0.1) is 11.3 Å². The Morgan fingerprint density at radius 2 is 1.65 bits per heavy atom. The molecule has 0 spiro atoms. The second-order valence-electron chi connectivity index (χ2n) is 7.38. The summed E-state index contributed by atoms with van der Waals surface area (Å²) in [5.74, 6) is 0.00114. The molecule has 34 heavy (non-hydrogen) atoms. The Balaban J connectivity index is 1.41. The minimum absolute atomic E-state index is 0.307. The summed E-state index contributed by atoms with van der Waals surface area (Å²) < 4.78 is 19.6. The number of anilines is 1. The van der Waals surface area contributed by atoms with Crippen molar-refractivity contribution < 1.29 is 13.9 Å². The molecule has 5 aromatic rings. The third-order valence-corrected chi connectivity index (χ3v) is 6.14. The van der Waals surface area contributed by atoms with Gasteiger partial charge in [-0.1, -0.05) is 42.5 Å². The van der Waals surface area contributed by atoms with E-state index in [0.29, 0.717) is 39.1 Å². The van der Waals surface area contributed by atoms with Gasteiger partial charge in [-0.05, 0) is 36.4 Å². The van der Waals surface area contributed by atoms with E-state index >= 15 is 0 Å². The first kappa shape index (κ1) is 21.5. The molecule has 2 N–H and O–H groups in total. The lowest BCUT2D eigenvalue weighted by Crippen LogP contribution is -2.13. The monoisotopic (exact) mass is 470 g/mol. The molecule has 0 unspecified atom stereocenters. The van der Waals surface area contributed by atoms with Crippen molar-refractivity contribution in [3.05, 3.63) is 95.8 Å². The number of methoxy groups -OCH3 is 1. The number of amides is 1. The maximum absolute atomic E-state index is 14.2. The van der Waals surface area contributed by atoms with Crippen molar-refractivity contribution in [2.24, 2.45) is 0 Å². The molecule has 2 heterocycles. The first-order valence-electron chi connectivity index (χ1n) is 10.4. The van der Waals surface area contributed by atoms with Gasteiger partial charge in [0.1, 0.15) is 22.3 Å². The van der Waals surface area contributed by atoms with Crippen LogP contribution in [-0.4, -0.2) is 28.2 Å². The van der Waals surface area contributed by atoms with E-state index in [1.54, 1.807) is 37.4 Å². The van der Waals surface area contributed by atoms with Gasteiger partial charge in [0.2, 0.25) is 0 Å². The van der Waals surface area contributed by atoms with E-state index in [2.05, 4.69) is 20.5 Å². The van der Waals surface area contributed by atoms with Gasteiger partial charge in [0, 0.05) is 22.1 Å². The van der Waals surface area contributed by atoms with Crippen molar-refractivity contribution in [1.29, 1.82) is 0 Å². The first-order valence-corrected chi connectivity index (χ1v) is 11.3. The Bertz CT molecular complexity index is 1480. The Hall–Kier alpha value is -4.30. The molecule has 8 heteroatoms. The smallest absolute Gasteiger partial charge is 0.273 e. The van der Waals surface area contributed by atoms with Gasteiger partial charge >= 0.3 is 0 Å². The maximum atomic E-state index is 14.2. The van der Waals surface area contributed by atoms with Crippen LogP contribution in [0.1, 0.15) is 10.5 Å². The topological polar surface area (TPSA) is 79.9 Å². The lowest BCUT2D eigenvalue weighted by molar-refractivity contribution is 0.102. The summed E-state index contributed by atoms with van der Waals surface area (Å²) in [4.78, 5) is 17.6. The molecule has 0 aliphatic rings. The standard InChI is InChI=1S/C26H19FN4O2S/c1-33-24-13-7-4-10-18(24)21-14-22(31-30-21)25(32)28-20-12-6-3-9-17(20)23-15-34-26(29-23)16-8-2-5-11-19(16)27/h2-15H,1H3,(H,28,32)(H,30,31). The predicted octanol–water partition coefficient (Wildman–Crippen LogP) is 6.27. The van der Waals surface area contributed by atoms with Crippen molar-refractivity contribution in [1.82, 2.24) is 15.2 Å². The number of nitrogens with one attached hydrogen (secondary N) is 2. The molecule has 2 aromatic heterocycles. The predicted molar refractivity (Wildman–Crippen MR) is 131 cm³/mol. The molecule has 0 aliphatic heterocycles. The fraction of sp³-hybridized carbons (Fsp3) is 0.0385. The van der Waals surface area contributed by atoms with Gasteiger partial charge in [-0.2, -0.15) is 5.10 Å². The zero-order chi connectivity index (χ0) is 23.5. The number of para-hydroxylation sites is 2. The number of rotatable bonds is 6. The van der Waals surface area contributed by atoms with Crippen LogP contribution in [0.25, 0.3) is 33.1 Å². The fourth-order valence-corrected chi connectivity index (χ4v) is 4.44. The number of halogens is 1. The van der Waals surface area contributed by atoms with Crippen LogP contribution in [0.3, 0.4) is 0 Å². The third kappa shape index (κ3) is 4.18. The normalized spacial score (nSPS) is 10.8. The molecule has 6 nitrogen and oxygen atoms in total. The molecule has 0 saturated carbocycles. The number of carbonyl (C=O) groups is 1. The van der Waals surface area contributed by atoms with E-state index in [4.69, 9.17) is 4.74 Å². The number of hydrogen-bond donors (Lipinski definition) is 2. The van der Waals surface area contributed by atoms with Crippen molar-refractivity contribution in [2.45, 2.75) is 0 Å². The Labute approximate surface area is 199 Å². The average molecular weight is 471 g/mol. The molecule has 5 rings (SSSR count). The highest BCUT2D eigenvalue weighted by Gasteiger charge is 2.17. The van der Waals surface area contributed by atoms with Gasteiger partial charge < -0.3 is 10.1 Å². The summed E-state index contributed by atoms with van der Waals surface area (Å²) in [6.07, 6.45) is 0. The summed E-state index contributed by atoms with van der Waals surface area (Å²) in [5, 5.41) is 12.4.